The normalized spacial score (nSPS) is 11.6. The van der Waals surface area contributed by atoms with Crippen LogP contribution in [0.2, 0.25) is 0 Å². The van der Waals surface area contributed by atoms with Crippen molar-refractivity contribution in [3.05, 3.63) is 102 Å². The predicted molar refractivity (Wildman–Crippen MR) is 111 cm³/mol. The summed E-state index contributed by atoms with van der Waals surface area (Å²) in [5, 5.41) is 3.03. The second kappa shape index (κ2) is 9.00. The summed E-state index contributed by atoms with van der Waals surface area (Å²) >= 11 is 0. The van der Waals surface area contributed by atoms with Crippen molar-refractivity contribution in [2.75, 3.05) is 14.2 Å². The van der Waals surface area contributed by atoms with E-state index in [1.807, 2.05) is 60.7 Å². The number of carbonyl (C=O) groups is 1. The van der Waals surface area contributed by atoms with Crippen molar-refractivity contribution in [2.24, 2.45) is 0 Å². The molecule has 29 heavy (non-hydrogen) atoms. The van der Waals surface area contributed by atoms with Gasteiger partial charge in [-0.2, -0.15) is 0 Å². The van der Waals surface area contributed by atoms with Crippen molar-refractivity contribution in [1.82, 2.24) is 9.79 Å². The van der Waals surface area contributed by atoms with Crippen LogP contribution in [-0.4, -0.2) is 33.0 Å². The van der Waals surface area contributed by atoms with Gasteiger partial charge < -0.3 is 5.32 Å². The number of nitrogens with zero attached hydrogens (tertiary/aromatic N) is 1. The van der Waals surface area contributed by atoms with Crippen LogP contribution in [0.3, 0.4) is 0 Å². The average Bonchev–Trinajstić information content (AvgIpc) is 2.78. The number of sulfonamides is 1. The first-order valence-corrected chi connectivity index (χ1v) is 10.4. The number of carbonyl (C=O) groups excluding carboxylic acids is 1. The highest BCUT2D eigenvalue weighted by molar-refractivity contribution is 7.89. The fourth-order valence-corrected chi connectivity index (χ4v) is 3.86. The van der Waals surface area contributed by atoms with E-state index < -0.39 is 10.0 Å². The fourth-order valence-electron chi connectivity index (χ4n) is 2.89. The third kappa shape index (κ3) is 4.71. The van der Waals surface area contributed by atoms with Crippen LogP contribution >= 0.6 is 0 Å². The van der Waals surface area contributed by atoms with E-state index in [1.54, 1.807) is 0 Å². The number of nitrogens with one attached hydrogen (secondary N) is 1. The molecule has 3 aromatic carbocycles. The predicted octanol–water partition coefficient (Wildman–Crippen LogP) is 3.39. The zero-order valence-electron chi connectivity index (χ0n) is 16.1. The van der Waals surface area contributed by atoms with E-state index >= 15 is 0 Å². The Bertz CT molecular complexity index is 1010. The van der Waals surface area contributed by atoms with Gasteiger partial charge in [0.05, 0.1) is 18.0 Å². The third-order valence-corrected chi connectivity index (χ3v) is 6.25. The van der Waals surface area contributed by atoms with Crippen LogP contribution in [-0.2, 0) is 14.9 Å². The topological polar surface area (TPSA) is 75.7 Å². The minimum absolute atomic E-state index is 0.0427. The molecule has 0 heterocycles. The van der Waals surface area contributed by atoms with Crippen molar-refractivity contribution >= 4 is 15.9 Å². The van der Waals surface area contributed by atoms with Gasteiger partial charge in [0.1, 0.15) is 0 Å². The zero-order chi connectivity index (χ0) is 20.9. The summed E-state index contributed by atoms with van der Waals surface area (Å²) < 4.78 is 25.4. The van der Waals surface area contributed by atoms with Crippen LogP contribution in [0.5, 0.6) is 0 Å². The molecule has 3 rings (SSSR count). The monoisotopic (exact) mass is 410 g/mol. The number of rotatable bonds is 7. The van der Waals surface area contributed by atoms with Crippen LogP contribution in [0.1, 0.15) is 27.5 Å². The first kappa shape index (κ1) is 20.7. The minimum Gasteiger partial charge on any atom is -0.341 e. The Morgan fingerprint density at radius 3 is 1.79 bits per heavy atom. The molecular formula is C22H22N2O4S. The van der Waals surface area contributed by atoms with E-state index in [0.717, 1.165) is 15.6 Å². The Hall–Kier alpha value is -3.00. The molecule has 0 aliphatic carbocycles. The molecular weight excluding hydrogens is 388 g/mol. The molecule has 1 amide bonds. The maximum atomic E-state index is 12.9. The van der Waals surface area contributed by atoms with Crippen LogP contribution in [0, 0.1) is 0 Å². The summed E-state index contributed by atoms with van der Waals surface area (Å²) in [7, 11) is -1.18. The summed E-state index contributed by atoms with van der Waals surface area (Å²) in [6.07, 6.45) is 0. The third-order valence-electron chi connectivity index (χ3n) is 4.55. The van der Waals surface area contributed by atoms with Crippen LogP contribution < -0.4 is 5.32 Å². The number of hydrogen-bond donors (Lipinski definition) is 1. The largest absolute Gasteiger partial charge is 0.341 e. The maximum Gasteiger partial charge on any atom is 0.264 e. The van der Waals surface area contributed by atoms with Gasteiger partial charge >= 0.3 is 0 Å². The van der Waals surface area contributed by atoms with E-state index in [9.17, 15) is 13.2 Å². The lowest BCUT2D eigenvalue weighted by molar-refractivity contribution is -0.0258. The quantitative estimate of drug-likeness (QED) is 0.606. The van der Waals surface area contributed by atoms with Crippen molar-refractivity contribution < 1.29 is 18.0 Å². The number of hydroxylamine groups is 1. The highest BCUT2D eigenvalue weighted by atomic mass is 32.2. The number of benzene rings is 3. The summed E-state index contributed by atoms with van der Waals surface area (Å²) in [5.74, 6) is -0.299. The molecule has 0 aliphatic rings. The second-order valence-electron chi connectivity index (χ2n) is 6.35. The number of amides is 1. The Morgan fingerprint density at radius 2 is 1.34 bits per heavy atom. The highest BCUT2D eigenvalue weighted by Gasteiger charge is 2.22. The molecule has 0 radical (unpaired) electrons. The van der Waals surface area contributed by atoms with Crippen molar-refractivity contribution in [3.8, 4) is 0 Å². The molecule has 0 spiro atoms. The Kier molecular flexibility index (Phi) is 6.43. The van der Waals surface area contributed by atoms with Gasteiger partial charge in [-0.25, -0.2) is 8.42 Å². The Labute approximate surface area is 170 Å². The molecule has 6 nitrogen and oxygen atoms in total. The smallest absolute Gasteiger partial charge is 0.264 e. The molecule has 0 atom stereocenters. The first-order valence-electron chi connectivity index (χ1n) is 8.97. The van der Waals surface area contributed by atoms with E-state index in [-0.39, 0.29) is 16.8 Å². The standard InChI is InChI=1S/C22H22N2O4S/c1-24(28-2)29(26,27)20-15-13-19(14-16-20)22(25)23-21(17-9-5-3-6-10-17)18-11-7-4-8-12-18/h3-16,21H,1-2H3,(H,23,25). The lowest BCUT2D eigenvalue weighted by atomic mass is 9.98. The van der Waals surface area contributed by atoms with E-state index in [2.05, 4.69) is 5.32 Å². The molecule has 1 N–H and O–H groups in total. The van der Waals surface area contributed by atoms with Gasteiger partial charge in [-0.05, 0) is 35.4 Å². The molecule has 0 saturated heterocycles. The van der Waals surface area contributed by atoms with Crippen molar-refractivity contribution in [2.45, 2.75) is 10.9 Å². The lowest BCUT2D eigenvalue weighted by Gasteiger charge is -2.20. The van der Waals surface area contributed by atoms with Crippen molar-refractivity contribution in [3.63, 3.8) is 0 Å². The minimum atomic E-state index is -3.76. The van der Waals surface area contributed by atoms with Crippen molar-refractivity contribution in [1.29, 1.82) is 0 Å². The number of hydrogen-bond acceptors (Lipinski definition) is 4. The zero-order valence-corrected chi connectivity index (χ0v) is 17.0. The van der Waals surface area contributed by atoms with E-state index in [1.165, 1.54) is 38.4 Å². The Morgan fingerprint density at radius 1 is 0.862 bits per heavy atom. The first-order chi connectivity index (χ1) is 13.9. The van der Waals surface area contributed by atoms with Crippen LogP contribution in [0.4, 0.5) is 0 Å². The summed E-state index contributed by atoms with van der Waals surface area (Å²) in [6, 6.07) is 24.8. The van der Waals surface area contributed by atoms with E-state index in [0.29, 0.717) is 5.56 Å². The Balaban J connectivity index is 1.85. The lowest BCUT2D eigenvalue weighted by Crippen LogP contribution is -2.29. The summed E-state index contributed by atoms with van der Waals surface area (Å²) in [5.41, 5.74) is 2.27. The van der Waals surface area contributed by atoms with Gasteiger partial charge in [-0.1, -0.05) is 65.1 Å². The van der Waals surface area contributed by atoms with Gasteiger partial charge in [0, 0.05) is 12.6 Å². The molecule has 0 unspecified atom stereocenters. The van der Waals surface area contributed by atoms with Crippen LogP contribution in [0.25, 0.3) is 0 Å². The van der Waals surface area contributed by atoms with Gasteiger partial charge in [0.15, 0.2) is 0 Å². The molecule has 0 bridgehead atoms. The molecule has 7 heteroatoms. The van der Waals surface area contributed by atoms with Gasteiger partial charge in [-0.15, -0.1) is 0 Å². The maximum absolute atomic E-state index is 12.9. The fraction of sp³-hybridized carbons (Fsp3) is 0.136. The molecule has 0 aliphatic heterocycles. The molecule has 150 valence electrons. The van der Waals surface area contributed by atoms with Crippen LogP contribution in [0.15, 0.2) is 89.8 Å². The SMILES string of the molecule is CON(C)S(=O)(=O)c1ccc(C(=O)NC(c2ccccc2)c2ccccc2)cc1. The van der Waals surface area contributed by atoms with Gasteiger partial charge in [0.25, 0.3) is 15.9 Å². The summed E-state index contributed by atoms with van der Waals surface area (Å²) in [6.45, 7) is 0. The molecule has 0 fully saturated rings. The highest BCUT2D eigenvalue weighted by Crippen LogP contribution is 2.23. The molecule has 0 aromatic heterocycles. The average molecular weight is 410 g/mol. The molecule has 0 saturated carbocycles. The summed E-state index contributed by atoms with van der Waals surface area (Å²) in [4.78, 5) is 17.7. The molecule has 3 aromatic rings. The van der Waals surface area contributed by atoms with E-state index in [4.69, 9.17) is 4.84 Å². The van der Waals surface area contributed by atoms with Gasteiger partial charge in [0.2, 0.25) is 0 Å². The second-order valence-corrected chi connectivity index (χ2v) is 8.29. The van der Waals surface area contributed by atoms with Gasteiger partial charge in [-0.3, -0.25) is 9.63 Å².